The summed E-state index contributed by atoms with van der Waals surface area (Å²) in [5.74, 6) is 0.754. The molecular formula is C24H30N2O4. The molecule has 0 N–H and O–H groups in total. The molecule has 6 nitrogen and oxygen atoms in total. The van der Waals surface area contributed by atoms with Crippen LogP contribution in [-0.2, 0) is 11.3 Å². The fourth-order valence-corrected chi connectivity index (χ4v) is 3.57. The van der Waals surface area contributed by atoms with Crippen LogP contribution in [0.15, 0.2) is 42.5 Å². The standard InChI is InChI=1S/C24H30N2O4/c1-24(2,3)30-23(28)26-13-11-25(12-14-26)16-18-9-10-20(29-4)15-22(18)21-8-6-5-7-19(21)17-27/h5-10,15,17H,11-14,16H2,1-4H3. The number of ether oxygens (including phenoxy) is 2. The molecular weight excluding hydrogens is 380 g/mol. The van der Waals surface area contributed by atoms with Gasteiger partial charge in [0.25, 0.3) is 0 Å². The molecule has 2 aromatic rings. The minimum atomic E-state index is -0.488. The summed E-state index contributed by atoms with van der Waals surface area (Å²) in [5, 5.41) is 0. The molecule has 0 aromatic heterocycles. The molecule has 2 aromatic carbocycles. The van der Waals surface area contributed by atoms with Gasteiger partial charge in [-0.05, 0) is 49.6 Å². The van der Waals surface area contributed by atoms with Crippen LogP contribution in [0.3, 0.4) is 0 Å². The Balaban J connectivity index is 1.75. The number of carbonyl (C=O) groups is 2. The monoisotopic (exact) mass is 410 g/mol. The van der Waals surface area contributed by atoms with Crippen LogP contribution in [0.4, 0.5) is 4.79 Å². The topological polar surface area (TPSA) is 59.1 Å². The van der Waals surface area contributed by atoms with Crippen LogP contribution >= 0.6 is 0 Å². The average Bonchev–Trinajstić information content (AvgIpc) is 2.73. The highest BCUT2D eigenvalue weighted by atomic mass is 16.6. The summed E-state index contributed by atoms with van der Waals surface area (Å²) in [6.45, 7) is 9.15. The predicted molar refractivity (Wildman–Crippen MR) is 117 cm³/mol. The van der Waals surface area contributed by atoms with Crippen molar-refractivity contribution in [2.24, 2.45) is 0 Å². The highest BCUT2D eigenvalue weighted by molar-refractivity contribution is 5.88. The second-order valence-electron chi connectivity index (χ2n) is 8.47. The average molecular weight is 411 g/mol. The normalized spacial score (nSPS) is 15.0. The van der Waals surface area contributed by atoms with E-state index in [1.165, 1.54) is 0 Å². The summed E-state index contributed by atoms with van der Waals surface area (Å²) in [5.41, 5.74) is 3.18. The van der Waals surface area contributed by atoms with Gasteiger partial charge >= 0.3 is 6.09 Å². The Labute approximate surface area is 178 Å². The Morgan fingerprint density at radius 2 is 1.73 bits per heavy atom. The van der Waals surface area contributed by atoms with Crippen molar-refractivity contribution >= 4 is 12.4 Å². The molecule has 6 heteroatoms. The number of methoxy groups -OCH3 is 1. The zero-order chi connectivity index (χ0) is 21.7. The van der Waals surface area contributed by atoms with Crippen LogP contribution in [0.2, 0.25) is 0 Å². The van der Waals surface area contributed by atoms with Gasteiger partial charge in [0.2, 0.25) is 0 Å². The smallest absolute Gasteiger partial charge is 0.410 e. The van der Waals surface area contributed by atoms with Crippen molar-refractivity contribution in [2.75, 3.05) is 33.3 Å². The van der Waals surface area contributed by atoms with Crippen LogP contribution in [0.5, 0.6) is 5.75 Å². The number of aldehydes is 1. The first-order chi connectivity index (χ1) is 14.3. The second kappa shape index (κ2) is 9.30. The maximum atomic E-state index is 12.3. The van der Waals surface area contributed by atoms with E-state index >= 15 is 0 Å². The Bertz CT molecular complexity index is 896. The molecule has 0 unspecified atom stereocenters. The number of amides is 1. The van der Waals surface area contributed by atoms with E-state index in [4.69, 9.17) is 9.47 Å². The molecule has 0 atom stereocenters. The highest BCUT2D eigenvalue weighted by Crippen LogP contribution is 2.31. The zero-order valence-electron chi connectivity index (χ0n) is 18.2. The van der Waals surface area contributed by atoms with Crippen LogP contribution in [0.25, 0.3) is 11.1 Å². The second-order valence-corrected chi connectivity index (χ2v) is 8.47. The van der Waals surface area contributed by atoms with E-state index in [0.717, 1.165) is 48.4 Å². The van der Waals surface area contributed by atoms with Crippen molar-refractivity contribution in [1.29, 1.82) is 0 Å². The summed E-state index contributed by atoms with van der Waals surface area (Å²) < 4.78 is 10.9. The third kappa shape index (κ3) is 5.39. The Morgan fingerprint density at radius 3 is 2.37 bits per heavy atom. The van der Waals surface area contributed by atoms with Crippen molar-refractivity contribution in [3.63, 3.8) is 0 Å². The minimum Gasteiger partial charge on any atom is -0.497 e. The summed E-state index contributed by atoms with van der Waals surface area (Å²) in [7, 11) is 1.64. The van der Waals surface area contributed by atoms with Gasteiger partial charge in [-0.25, -0.2) is 4.79 Å². The molecule has 1 heterocycles. The van der Waals surface area contributed by atoms with Crippen LogP contribution in [0.1, 0.15) is 36.7 Å². The van der Waals surface area contributed by atoms with E-state index in [2.05, 4.69) is 11.0 Å². The predicted octanol–water partition coefficient (Wildman–Crippen LogP) is 4.23. The molecule has 1 aliphatic heterocycles. The van der Waals surface area contributed by atoms with E-state index in [-0.39, 0.29) is 6.09 Å². The van der Waals surface area contributed by atoms with Crippen molar-refractivity contribution in [2.45, 2.75) is 32.9 Å². The highest BCUT2D eigenvalue weighted by Gasteiger charge is 2.26. The van der Waals surface area contributed by atoms with Gasteiger partial charge in [-0.2, -0.15) is 0 Å². The number of piperazine rings is 1. The Kier molecular flexibility index (Phi) is 6.77. The summed E-state index contributed by atoms with van der Waals surface area (Å²) in [4.78, 5) is 27.9. The van der Waals surface area contributed by atoms with E-state index < -0.39 is 5.60 Å². The molecule has 30 heavy (non-hydrogen) atoms. The fraction of sp³-hybridized carbons (Fsp3) is 0.417. The first-order valence-corrected chi connectivity index (χ1v) is 10.2. The maximum absolute atomic E-state index is 12.3. The third-order valence-electron chi connectivity index (χ3n) is 5.11. The Morgan fingerprint density at radius 1 is 1.03 bits per heavy atom. The molecule has 0 bridgehead atoms. The number of carbonyl (C=O) groups excluding carboxylic acids is 2. The van der Waals surface area contributed by atoms with Crippen LogP contribution in [0, 0.1) is 0 Å². The number of rotatable bonds is 5. The van der Waals surface area contributed by atoms with E-state index in [0.29, 0.717) is 18.7 Å². The molecule has 0 radical (unpaired) electrons. The van der Waals surface area contributed by atoms with Gasteiger partial charge in [0.05, 0.1) is 7.11 Å². The molecule has 0 saturated carbocycles. The first kappa shape index (κ1) is 21.8. The third-order valence-corrected chi connectivity index (χ3v) is 5.11. The summed E-state index contributed by atoms with van der Waals surface area (Å²) >= 11 is 0. The molecule has 1 aliphatic rings. The lowest BCUT2D eigenvalue weighted by molar-refractivity contribution is 0.0139. The van der Waals surface area contributed by atoms with Gasteiger partial charge < -0.3 is 14.4 Å². The number of hydrogen-bond donors (Lipinski definition) is 0. The number of nitrogens with zero attached hydrogens (tertiary/aromatic N) is 2. The van der Waals surface area contributed by atoms with Gasteiger partial charge in [-0.1, -0.05) is 30.3 Å². The van der Waals surface area contributed by atoms with Gasteiger partial charge in [0.15, 0.2) is 6.29 Å². The molecule has 160 valence electrons. The summed E-state index contributed by atoms with van der Waals surface area (Å²) in [6, 6.07) is 13.6. The molecule has 0 spiro atoms. The summed E-state index contributed by atoms with van der Waals surface area (Å²) in [6.07, 6.45) is 0.630. The van der Waals surface area contributed by atoms with Crippen molar-refractivity contribution < 1.29 is 19.1 Å². The zero-order valence-corrected chi connectivity index (χ0v) is 18.2. The molecule has 0 aliphatic carbocycles. The van der Waals surface area contributed by atoms with Crippen LogP contribution in [-0.4, -0.2) is 61.1 Å². The largest absolute Gasteiger partial charge is 0.497 e. The maximum Gasteiger partial charge on any atom is 0.410 e. The lowest BCUT2D eigenvalue weighted by Gasteiger charge is -2.36. The van der Waals surface area contributed by atoms with E-state index in [1.54, 1.807) is 12.0 Å². The SMILES string of the molecule is COc1ccc(CN2CCN(C(=O)OC(C)(C)C)CC2)c(-c2ccccc2C=O)c1. The van der Waals surface area contributed by atoms with Crippen molar-refractivity contribution in [3.05, 3.63) is 53.6 Å². The van der Waals surface area contributed by atoms with Gasteiger partial charge in [0.1, 0.15) is 11.4 Å². The van der Waals surface area contributed by atoms with Crippen molar-refractivity contribution in [1.82, 2.24) is 9.80 Å². The molecule has 3 rings (SSSR count). The molecule has 1 fully saturated rings. The molecule has 1 saturated heterocycles. The minimum absolute atomic E-state index is 0.257. The Hall–Kier alpha value is -2.86. The number of benzene rings is 2. The number of hydrogen-bond acceptors (Lipinski definition) is 5. The first-order valence-electron chi connectivity index (χ1n) is 10.2. The van der Waals surface area contributed by atoms with Gasteiger partial charge in [-0.3, -0.25) is 9.69 Å². The molecule has 1 amide bonds. The quantitative estimate of drug-likeness (QED) is 0.691. The van der Waals surface area contributed by atoms with Crippen molar-refractivity contribution in [3.8, 4) is 16.9 Å². The lowest BCUT2D eigenvalue weighted by Crippen LogP contribution is -2.49. The van der Waals surface area contributed by atoms with Gasteiger partial charge in [-0.15, -0.1) is 0 Å². The lowest BCUT2D eigenvalue weighted by atomic mass is 9.95. The van der Waals surface area contributed by atoms with E-state index in [9.17, 15) is 9.59 Å². The fourth-order valence-electron chi connectivity index (χ4n) is 3.57. The van der Waals surface area contributed by atoms with E-state index in [1.807, 2.05) is 57.2 Å². The van der Waals surface area contributed by atoms with Gasteiger partial charge in [0, 0.05) is 38.3 Å². The van der Waals surface area contributed by atoms with Crippen LogP contribution < -0.4 is 4.74 Å².